The van der Waals surface area contributed by atoms with Gasteiger partial charge in [-0.05, 0) is 61.1 Å². The van der Waals surface area contributed by atoms with Crippen molar-refractivity contribution < 1.29 is 29.3 Å². The number of carbonyl (C=O) groups is 2. The highest BCUT2D eigenvalue weighted by molar-refractivity contribution is 7.12. The molecule has 2 rings (SSSR count). The largest absolute Gasteiger partial charge is 0.467 e. The number of nitrogens with one attached hydrogen (secondary N) is 2. The standard InChI is InChI=1S/C25H28N2O6S/c1-18(29)23(25(31)32-2)27-24(30)20-9-7-19(8-10-20)5-3-4-6-21-11-12-22(34-21)17-26-13-15-33-16-14-28/h7-12,18,23,26,28-29H,13-17H2,1-2H3,(H,27,30)/t18-,23+/m1/s1. The summed E-state index contributed by atoms with van der Waals surface area (Å²) in [4.78, 5) is 26.1. The number of carbonyl (C=O) groups excluding carboxylic acids is 2. The summed E-state index contributed by atoms with van der Waals surface area (Å²) in [5, 5.41) is 24.0. The zero-order chi connectivity index (χ0) is 24.8. The molecule has 0 radical (unpaired) electrons. The molecule has 0 spiro atoms. The van der Waals surface area contributed by atoms with E-state index < -0.39 is 24.0 Å². The lowest BCUT2D eigenvalue weighted by Crippen LogP contribution is -2.48. The minimum atomic E-state index is -1.15. The van der Waals surface area contributed by atoms with Crippen LogP contribution in [0.2, 0.25) is 0 Å². The van der Waals surface area contributed by atoms with E-state index in [1.54, 1.807) is 35.6 Å². The fourth-order valence-electron chi connectivity index (χ4n) is 2.69. The number of benzene rings is 1. The maximum Gasteiger partial charge on any atom is 0.331 e. The number of hydrogen-bond acceptors (Lipinski definition) is 8. The van der Waals surface area contributed by atoms with E-state index in [-0.39, 0.29) is 6.61 Å². The summed E-state index contributed by atoms with van der Waals surface area (Å²) in [7, 11) is 1.19. The summed E-state index contributed by atoms with van der Waals surface area (Å²) >= 11 is 1.58. The first-order valence-corrected chi connectivity index (χ1v) is 11.4. The molecular weight excluding hydrogens is 456 g/mol. The van der Waals surface area contributed by atoms with Gasteiger partial charge >= 0.3 is 5.97 Å². The van der Waals surface area contributed by atoms with E-state index in [1.165, 1.54) is 14.0 Å². The number of amides is 1. The van der Waals surface area contributed by atoms with Crippen molar-refractivity contribution in [2.24, 2.45) is 0 Å². The van der Waals surface area contributed by atoms with Gasteiger partial charge in [-0.1, -0.05) is 5.92 Å². The van der Waals surface area contributed by atoms with Crippen LogP contribution in [-0.2, 0) is 20.8 Å². The summed E-state index contributed by atoms with van der Waals surface area (Å²) in [5.74, 6) is 10.3. The average molecular weight is 485 g/mol. The lowest BCUT2D eigenvalue weighted by atomic mass is 10.1. The Bertz CT molecular complexity index is 1060. The zero-order valence-corrected chi connectivity index (χ0v) is 19.9. The predicted octanol–water partition coefficient (Wildman–Crippen LogP) is 0.902. The van der Waals surface area contributed by atoms with Crippen molar-refractivity contribution in [3.05, 3.63) is 57.3 Å². The van der Waals surface area contributed by atoms with Gasteiger partial charge in [-0.15, -0.1) is 11.3 Å². The van der Waals surface area contributed by atoms with Crippen molar-refractivity contribution >= 4 is 23.2 Å². The summed E-state index contributed by atoms with van der Waals surface area (Å²) < 4.78 is 9.78. The van der Waals surface area contributed by atoms with Gasteiger partial charge in [-0.25, -0.2) is 4.79 Å². The van der Waals surface area contributed by atoms with Crippen molar-refractivity contribution in [3.8, 4) is 23.7 Å². The lowest BCUT2D eigenvalue weighted by Gasteiger charge is -2.18. The minimum Gasteiger partial charge on any atom is -0.467 e. The number of ether oxygens (including phenoxy) is 2. The van der Waals surface area contributed by atoms with E-state index >= 15 is 0 Å². The Labute approximate surface area is 203 Å². The number of thiophene rings is 1. The molecule has 2 aromatic rings. The molecule has 4 N–H and O–H groups in total. The van der Waals surface area contributed by atoms with Crippen molar-refractivity contribution in [3.63, 3.8) is 0 Å². The molecule has 8 nitrogen and oxygen atoms in total. The van der Waals surface area contributed by atoms with Crippen LogP contribution in [0.1, 0.15) is 32.6 Å². The van der Waals surface area contributed by atoms with E-state index in [0.717, 1.165) is 16.3 Å². The Morgan fingerprint density at radius 3 is 2.50 bits per heavy atom. The topological polar surface area (TPSA) is 117 Å². The predicted molar refractivity (Wildman–Crippen MR) is 129 cm³/mol. The molecule has 1 amide bonds. The molecule has 180 valence electrons. The Balaban J connectivity index is 1.86. The molecule has 1 aromatic carbocycles. The van der Waals surface area contributed by atoms with E-state index in [2.05, 4.69) is 39.1 Å². The van der Waals surface area contributed by atoms with Crippen LogP contribution in [0.5, 0.6) is 0 Å². The number of hydrogen-bond donors (Lipinski definition) is 4. The number of aliphatic hydroxyl groups is 2. The van der Waals surface area contributed by atoms with Crippen molar-refractivity contribution in [1.82, 2.24) is 10.6 Å². The number of esters is 1. The molecule has 0 aliphatic heterocycles. The van der Waals surface area contributed by atoms with Crippen LogP contribution in [0, 0.1) is 23.7 Å². The summed E-state index contributed by atoms with van der Waals surface area (Å²) in [5.41, 5.74) is 1.01. The minimum absolute atomic E-state index is 0.0298. The van der Waals surface area contributed by atoms with E-state index in [4.69, 9.17) is 9.84 Å². The quantitative estimate of drug-likeness (QED) is 0.213. The smallest absolute Gasteiger partial charge is 0.331 e. The molecule has 9 heteroatoms. The Morgan fingerprint density at radius 2 is 1.82 bits per heavy atom. The molecule has 0 saturated heterocycles. The van der Waals surface area contributed by atoms with E-state index in [0.29, 0.717) is 30.9 Å². The molecule has 0 fully saturated rings. The van der Waals surface area contributed by atoms with Crippen LogP contribution in [-0.4, -0.2) is 67.7 Å². The zero-order valence-electron chi connectivity index (χ0n) is 19.1. The summed E-state index contributed by atoms with van der Waals surface area (Å²) in [6, 6.07) is 9.33. The molecule has 0 bridgehead atoms. The van der Waals surface area contributed by atoms with Crippen LogP contribution in [0.25, 0.3) is 0 Å². The highest BCUT2D eigenvalue weighted by atomic mass is 32.1. The van der Waals surface area contributed by atoms with E-state index in [9.17, 15) is 14.7 Å². The molecular formula is C25H28N2O6S. The molecule has 0 aliphatic carbocycles. The highest BCUT2D eigenvalue weighted by Gasteiger charge is 2.26. The second kappa shape index (κ2) is 14.9. The first-order valence-electron chi connectivity index (χ1n) is 10.6. The Kier molecular flexibility index (Phi) is 11.8. The molecule has 0 aliphatic rings. The average Bonchev–Trinajstić information content (AvgIpc) is 3.29. The summed E-state index contributed by atoms with van der Waals surface area (Å²) in [6.07, 6.45) is -1.09. The van der Waals surface area contributed by atoms with Crippen molar-refractivity contribution in [2.75, 3.05) is 33.5 Å². The lowest BCUT2D eigenvalue weighted by molar-refractivity contribution is -0.145. The van der Waals surface area contributed by atoms with Gasteiger partial charge in [-0.2, -0.15) is 0 Å². The third-order valence-corrected chi connectivity index (χ3v) is 5.45. The van der Waals surface area contributed by atoms with Gasteiger partial charge in [0.05, 0.1) is 37.9 Å². The van der Waals surface area contributed by atoms with Crippen LogP contribution < -0.4 is 10.6 Å². The van der Waals surface area contributed by atoms with Crippen LogP contribution in [0.15, 0.2) is 36.4 Å². The van der Waals surface area contributed by atoms with Gasteiger partial charge in [0.15, 0.2) is 6.04 Å². The van der Waals surface area contributed by atoms with Crippen LogP contribution in [0.3, 0.4) is 0 Å². The summed E-state index contributed by atoms with van der Waals surface area (Å²) in [6.45, 7) is 3.75. The monoisotopic (exact) mass is 484 g/mol. The number of methoxy groups -OCH3 is 1. The van der Waals surface area contributed by atoms with Crippen LogP contribution in [0.4, 0.5) is 0 Å². The maximum atomic E-state index is 12.3. The first-order chi connectivity index (χ1) is 16.4. The highest BCUT2D eigenvalue weighted by Crippen LogP contribution is 2.14. The Hall–Kier alpha value is -3.18. The first kappa shape index (κ1) is 27.1. The van der Waals surface area contributed by atoms with Gasteiger partial charge in [-0.3, -0.25) is 4.79 Å². The maximum absolute atomic E-state index is 12.3. The second-order valence-electron chi connectivity index (χ2n) is 7.07. The van der Waals surface area contributed by atoms with Gasteiger partial charge < -0.3 is 30.3 Å². The van der Waals surface area contributed by atoms with Gasteiger partial charge in [0, 0.05) is 29.1 Å². The van der Waals surface area contributed by atoms with Gasteiger partial charge in [0.2, 0.25) is 0 Å². The van der Waals surface area contributed by atoms with E-state index in [1.807, 2.05) is 12.1 Å². The molecule has 0 saturated carbocycles. The van der Waals surface area contributed by atoms with Gasteiger partial charge in [0.25, 0.3) is 5.91 Å². The Morgan fingerprint density at radius 1 is 1.09 bits per heavy atom. The molecule has 0 unspecified atom stereocenters. The van der Waals surface area contributed by atoms with Crippen molar-refractivity contribution in [1.29, 1.82) is 0 Å². The SMILES string of the molecule is COC(=O)[C@@H](NC(=O)c1ccc(C#CC#Cc2ccc(CNCCOCCO)s2)cc1)[C@@H](C)O. The normalized spacial score (nSPS) is 11.9. The molecule has 2 atom stereocenters. The number of rotatable bonds is 11. The molecule has 1 heterocycles. The van der Waals surface area contributed by atoms with Crippen LogP contribution >= 0.6 is 11.3 Å². The number of aliphatic hydroxyl groups excluding tert-OH is 2. The fourth-order valence-corrected chi connectivity index (χ4v) is 3.52. The van der Waals surface area contributed by atoms with Gasteiger partial charge in [0.1, 0.15) is 0 Å². The van der Waals surface area contributed by atoms with Crippen molar-refractivity contribution in [2.45, 2.75) is 25.6 Å². The molecule has 1 aromatic heterocycles. The molecule has 34 heavy (non-hydrogen) atoms. The third-order valence-electron chi connectivity index (χ3n) is 4.45. The fraction of sp³-hybridized carbons (Fsp3) is 0.360. The second-order valence-corrected chi connectivity index (χ2v) is 8.24. The third kappa shape index (κ3) is 9.36.